The van der Waals surface area contributed by atoms with Crippen LogP contribution in [0.15, 0.2) is 84.9 Å². The van der Waals surface area contributed by atoms with Crippen molar-refractivity contribution in [2.24, 2.45) is 0 Å². The van der Waals surface area contributed by atoms with Gasteiger partial charge in [-0.25, -0.2) is 0 Å². The number of rotatable bonds is 9. The van der Waals surface area contributed by atoms with Crippen molar-refractivity contribution >= 4 is 23.2 Å². The van der Waals surface area contributed by atoms with E-state index in [1.807, 2.05) is 38.1 Å². The number of phenols is 1. The number of aromatic hydroxyl groups is 1. The van der Waals surface area contributed by atoms with Crippen LogP contribution in [-0.2, 0) is 19.4 Å². The number of hydrogen-bond acceptors (Lipinski definition) is 6. The predicted molar refractivity (Wildman–Crippen MR) is 170 cm³/mol. The van der Waals surface area contributed by atoms with E-state index >= 15 is 0 Å². The number of carbonyl (C=O) groups is 2. The van der Waals surface area contributed by atoms with E-state index in [0.29, 0.717) is 16.9 Å². The Morgan fingerprint density at radius 1 is 0.791 bits per heavy atom. The summed E-state index contributed by atoms with van der Waals surface area (Å²) in [5, 5.41) is 15.6. The maximum Gasteiger partial charge on any atom is 0.259 e. The molecule has 8 heteroatoms. The van der Waals surface area contributed by atoms with Gasteiger partial charge in [-0.1, -0.05) is 50.2 Å². The standard InChI is InChI=1S/C33H33N3O5.C2H6/c1-40-30-19-23-16-18-36(21-24(23)20-31(30)41-2)17-15-22-11-13-25(14-12-22)34-32(38)26-7-3-5-9-28(26)35-33(39)27-8-4-6-10-29(27)37;1-2/h3-14,19-20,37H,15-18,21H2,1-2H3,(H,34,38)(H,35,39);1-2H3. The molecule has 4 aromatic carbocycles. The molecule has 4 aromatic rings. The molecule has 0 saturated heterocycles. The van der Waals surface area contributed by atoms with Gasteiger partial charge in [0.1, 0.15) is 5.75 Å². The van der Waals surface area contributed by atoms with E-state index in [1.54, 1.807) is 50.6 Å². The molecule has 43 heavy (non-hydrogen) atoms. The van der Waals surface area contributed by atoms with Gasteiger partial charge >= 0.3 is 0 Å². The van der Waals surface area contributed by atoms with Crippen molar-refractivity contribution in [3.8, 4) is 17.2 Å². The number of carbonyl (C=O) groups excluding carboxylic acids is 2. The number of ether oxygens (including phenoxy) is 2. The van der Waals surface area contributed by atoms with Gasteiger partial charge in [0, 0.05) is 25.3 Å². The van der Waals surface area contributed by atoms with Gasteiger partial charge in [-0.15, -0.1) is 0 Å². The van der Waals surface area contributed by atoms with Gasteiger partial charge in [0.2, 0.25) is 0 Å². The Morgan fingerprint density at radius 3 is 2.07 bits per heavy atom. The fourth-order valence-electron chi connectivity index (χ4n) is 5.02. The van der Waals surface area contributed by atoms with Crippen molar-refractivity contribution in [1.82, 2.24) is 4.90 Å². The fraction of sp³-hybridized carbons (Fsp3) is 0.257. The molecule has 1 aliphatic heterocycles. The molecule has 8 nitrogen and oxygen atoms in total. The lowest BCUT2D eigenvalue weighted by Crippen LogP contribution is -2.32. The van der Waals surface area contributed by atoms with Crippen LogP contribution in [0.1, 0.15) is 51.3 Å². The Morgan fingerprint density at radius 2 is 1.40 bits per heavy atom. The Bertz CT molecular complexity index is 1550. The first-order chi connectivity index (χ1) is 20.9. The number of nitrogens with one attached hydrogen (secondary N) is 2. The number of para-hydroxylation sites is 2. The van der Waals surface area contributed by atoms with Crippen molar-refractivity contribution in [3.63, 3.8) is 0 Å². The van der Waals surface area contributed by atoms with E-state index in [1.165, 1.54) is 28.8 Å². The van der Waals surface area contributed by atoms with E-state index in [-0.39, 0.29) is 17.2 Å². The zero-order valence-electron chi connectivity index (χ0n) is 25.1. The summed E-state index contributed by atoms with van der Waals surface area (Å²) in [5.74, 6) is 0.561. The van der Waals surface area contributed by atoms with Gasteiger partial charge in [-0.2, -0.15) is 0 Å². The summed E-state index contributed by atoms with van der Waals surface area (Å²) in [6.45, 7) is 6.77. The SMILES string of the molecule is CC.COc1cc2c(cc1OC)CN(CCc1ccc(NC(=O)c3ccccc3NC(=O)c3ccccc3O)cc1)CC2. The fourth-order valence-corrected chi connectivity index (χ4v) is 5.02. The molecule has 0 saturated carbocycles. The largest absolute Gasteiger partial charge is 0.507 e. The first-order valence-corrected chi connectivity index (χ1v) is 14.5. The summed E-state index contributed by atoms with van der Waals surface area (Å²) in [7, 11) is 3.32. The molecule has 0 aromatic heterocycles. The van der Waals surface area contributed by atoms with Crippen LogP contribution in [0.2, 0.25) is 0 Å². The minimum atomic E-state index is -0.497. The zero-order chi connectivity index (χ0) is 30.8. The molecule has 1 heterocycles. The molecule has 0 atom stereocenters. The van der Waals surface area contributed by atoms with Crippen LogP contribution >= 0.6 is 0 Å². The third-order valence-corrected chi connectivity index (χ3v) is 7.29. The lowest BCUT2D eigenvalue weighted by Gasteiger charge is -2.29. The summed E-state index contributed by atoms with van der Waals surface area (Å²) in [4.78, 5) is 28.2. The Kier molecular flexibility index (Phi) is 10.8. The number of phenolic OH excluding ortho intramolecular Hbond substituents is 1. The first-order valence-electron chi connectivity index (χ1n) is 14.5. The number of amides is 2. The summed E-state index contributed by atoms with van der Waals surface area (Å²) in [6.07, 6.45) is 1.85. The van der Waals surface area contributed by atoms with Crippen molar-refractivity contribution in [2.75, 3.05) is 37.9 Å². The average molecular weight is 582 g/mol. The molecular weight excluding hydrogens is 542 g/mol. The van der Waals surface area contributed by atoms with Gasteiger partial charge < -0.3 is 25.2 Å². The maximum atomic E-state index is 13.1. The summed E-state index contributed by atoms with van der Waals surface area (Å²) in [6, 6.07) is 25.0. The van der Waals surface area contributed by atoms with Crippen molar-refractivity contribution in [2.45, 2.75) is 33.2 Å². The van der Waals surface area contributed by atoms with Crippen LogP contribution < -0.4 is 20.1 Å². The topological polar surface area (TPSA) is 100 Å². The molecule has 3 N–H and O–H groups in total. The minimum Gasteiger partial charge on any atom is -0.507 e. The highest BCUT2D eigenvalue weighted by molar-refractivity contribution is 6.13. The number of methoxy groups -OCH3 is 2. The summed E-state index contributed by atoms with van der Waals surface area (Å²) in [5.41, 5.74) is 5.22. The van der Waals surface area contributed by atoms with Gasteiger partial charge in [0.25, 0.3) is 11.8 Å². The second-order valence-electron chi connectivity index (χ2n) is 9.92. The van der Waals surface area contributed by atoms with Crippen LogP contribution in [0.3, 0.4) is 0 Å². The van der Waals surface area contributed by atoms with Gasteiger partial charge in [0.15, 0.2) is 11.5 Å². The van der Waals surface area contributed by atoms with E-state index in [2.05, 4.69) is 27.7 Å². The van der Waals surface area contributed by atoms with E-state index in [4.69, 9.17) is 9.47 Å². The zero-order valence-corrected chi connectivity index (χ0v) is 25.1. The summed E-state index contributed by atoms with van der Waals surface area (Å²) >= 11 is 0. The minimum absolute atomic E-state index is 0.127. The average Bonchev–Trinajstić information content (AvgIpc) is 3.05. The smallest absolute Gasteiger partial charge is 0.259 e. The van der Waals surface area contributed by atoms with Crippen LogP contribution in [0.25, 0.3) is 0 Å². The molecule has 1 aliphatic rings. The van der Waals surface area contributed by atoms with E-state index in [0.717, 1.165) is 44.0 Å². The number of hydrogen-bond donors (Lipinski definition) is 3. The van der Waals surface area contributed by atoms with Crippen molar-refractivity contribution in [3.05, 3.63) is 113 Å². The number of anilines is 2. The molecule has 0 aliphatic carbocycles. The van der Waals surface area contributed by atoms with Gasteiger partial charge in [-0.3, -0.25) is 14.5 Å². The molecule has 0 spiro atoms. The van der Waals surface area contributed by atoms with Crippen LogP contribution in [0, 0.1) is 0 Å². The molecule has 5 rings (SSSR count). The molecule has 0 fully saturated rings. The number of benzene rings is 4. The predicted octanol–water partition coefficient (Wildman–Crippen LogP) is 6.54. The van der Waals surface area contributed by atoms with Gasteiger partial charge in [-0.05, 0) is 78.1 Å². The van der Waals surface area contributed by atoms with E-state index < -0.39 is 5.91 Å². The summed E-state index contributed by atoms with van der Waals surface area (Å²) < 4.78 is 10.9. The Labute approximate surface area is 253 Å². The first kappa shape index (κ1) is 31.1. The highest BCUT2D eigenvalue weighted by Gasteiger charge is 2.20. The Balaban J connectivity index is 0.00000207. The van der Waals surface area contributed by atoms with E-state index in [9.17, 15) is 14.7 Å². The molecule has 224 valence electrons. The lowest BCUT2D eigenvalue weighted by molar-refractivity contribution is 0.102. The highest BCUT2D eigenvalue weighted by Crippen LogP contribution is 2.33. The molecule has 0 radical (unpaired) electrons. The van der Waals surface area contributed by atoms with Crippen LogP contribution in [0.4, 0.5) is 11.4 Å². The normalized spacial score (nSPS) is 12.3. The third-order valence-electron chi connectivity index (χ3n) is 7.29. The quantitative estimate of drug-likeness (QED) is 0.208. The second-order valence-corrected chi connectivity index (χ2v) is 9.92. The van der Waals surface area contributed by atoms with Crippen LogP contribution in [-0.4, -0.2) is 49.1 Å². The Hall–Kier alpha value is -4.82. The van der Waals surface area contributed by atoms with Crippen molar-refractivity contribution in [1.29, 1.82) is 0 Å². The maximum absolute atomic E-state index is 13.1. The van der Waals surface area contributed by atoms with Crippen molar-refractivity contribution < 1.29 is 24.2 Å². The number of nitrogens with zero attached hydrogens (tertiary/aromatic N) is 1. The van der Waals surface area contributed by atoms with Crippen LogP contribution in [0.5, 0.6) is 17.2 Å². The second kappa shape index (κ2) is 14.9. The number of fused-ring (bicyclic) bond motifs is 1. The highest BCUT2D eigenvalue weighted by atomic mass is 16.5. The third kappa shape index (κ3) is 7.72. The molecule has 2 amide bonds. The van der Waals surface area contributed by atoms with Gasteiger partial charge in [0.05, 0.1) is 31.0 Å². The monoisotopic (exact) mass is 581 g/mol. The lowest BCUT2D eigenvalue weighted by atomic mass is 9.98. The molecule has 0 bridgehead atoms. The molecular formula is C35H39N3O5. The molecule has 0 unspecified atom stereocenters.